The Morgan fingerprint density at radius 1 is 1.44 bits per heavy atom. The molecule has 2 aliphatic rings. The van der Waals surface area contributed by atoms with E-state index in [1.165, 1.54) is 6.42 Å². The summed E-state index contributed by atoms with van der Waals surface area (Å²) in [5.74, 6) is 1.58. The molecule has 0 radical (unpaired) electrons. The van der Waals surface area contributed by atoms with Gasteiger partial charge in [-0.3, -0.25) is 4.79 Å². The van der Waals surface area contributed by atoms with Crippen LogP contribution in [-0.4, -0.2) is 10.6 Å². The number of carbonyl (C=O) groups excluding carboxylic acids is 1. The molecule has 0 N–H and O–H groups in total. The highest BCUT2D eigenvalue weighted by molar-refractivity contribution is 9.10. The first-order chi connectivity index (χ1) is 4.29. The van der Waals surface area contributed by atoms with Crippen molar-refractivity contribution in [3.63, 3.8) is 0 Å². The van der Waals surface area contributed by atoms with Crippen LogP contribution in [0.3, 0.4) is 0 Å². The zero-order valence-electron chi connectivity index (χ0n) is 5.14. The lowest BCUT2D eigenvalue weighted by molar-refractivity contribution is -0.121. The Labute approximate surface area is 62.9 Å². The van der Waals surface area contributed by atoms with Crippen LogP contribution in [-0.2, 0) is 4.79 Å². The molecule has 0 aromatic carbocycles. The fraction of sp³-hybridized carbons (Fsp3) is 0.857. The van der Waals surface area contributed by atoms with E-state index in [0.29, 0.717) is 17.6 Å². The number of alkyl halides is 1. The summed E-state index contributed by atoms with van der Waals surface area (Å²) in [6.45, 7) is 0. The molecule has 50 valence electrons. The summed E-state index contributed by atoms with van der Waals surface area (Å²) in [6, 6.07) is 0. The molecule has 2 heteroatoms. The van der Waals surface area contributed by atoms with Gasteiger partial charge in [0.05, 0.1) is 4.83 Å². The lowest BCUT2D eigenvalue weighted by Crippen LogP contribution is -2.21. The van der Waals surface area contributed by atoms with Crippen LogP contribution in [0.1, 0.15) is 19.3 Å². The molecular formula is C7H9BrO. The summed E-state index contributed by atoms with van der Waals surface area (Å²) in [7, 11) is 0. The monoisotopic (exact) mass is 188 g/mol. The van der Waals surface area contributed by atoms with Crippen LogP contribution >= 0.6 is 15.9 Å². The second kappa shape index (κ2) is 1.82. The van der Waals surface area contributed by atoms with Crippen molar-refractivity contribution in [3.8, 4) is 0 Å². The number of ketones is 1. The minimum atomic E-state index is 0.219. The first kappa shape index (κ1) is 5.90. The van der Waals surface area contributed by atoms with E-state index in [1.807, 2.05) is 0 Å². The minimum absolute atomic E-state index is 0.219. The molecule has 0 saturated heterocycles. The molecule has 2 rings (SSSR count). The van der Waals surface area contributed by atoms with E-state index in [0.717, 1.165) is 12.8 Å². The standard InChI is InChI=1S/C7H9BrO/c8-6-4-1-2-5(3-4)7(6)9/h4-6H,1-3H2. The lowest BCUT2D eigenvalue weighted by Gasteiger charge is -2.12. The fourth-order valence-electron chi connectivity index (χ4n) is 2.00. The van der Waals surface area contributed by atoms with Crippen molar-refractivity contribution in [2.75, 3.05) is 0 Å². The Kier molecular flexibility index (Phi) is 1.19. The Balaban J connectivity index is 2.25. The third-order valence-electron chi connectivity index (χ3n) is 2.56. The average molecular weight is 189 g/mol. The van der Waals surface area contributed by atoms with Crippen molar-refractivity contribution < 1.29 is 4.79 Å². The van der Waals surface area contributed by atoms with Gasteiger partial charge in [0.2, 0.25) is 0 Å². The summed E-state index contributed by atoms with van der Waals surface area (Å²) < 4.78 is 0. The van der Waals surface area contributed by atoms with Gasteiger partial charge in [-0.2, -0.15) is 0 Å². The van der Waals surface area contributed by atoms with Gasteiger partial charge in [-0.15, -0.1) is 0 Å². The molecule has 3 unspecified atom stereocenters. The van der Waals surface area contributed by atoms with E-state index < -0.39 is 0 Å². The van der Waals surface area contributed by atoms with Crippen molar-refractivity contribution in [1.29, 1.82) is 0 Å². The molecule has 9 heavy (non-hydrogen) atoms. The minimum Gasteiger partial charge on any atom is -0.298 e. The second-order valence-corrected chi connectivity index (χ2v) is 4.06. The van der Waals surface area contributed by atoms with Crippen LogP contribution in [0.2, 0.25) is 0 Å². The number of halogens is 1. The number of hydrogen-bond acceptors (Lipinski definition) is 1. The highest BCUT2D eigenvalue weighted by Crippen LogP contribution is 2.45. The largest absolute Gasteiger partial charge is 0.298 e. The summed E-state index contributed by atoms with van der Waals surface area (Å²) in [6.07, 6.45) is 3.59. The van der Waals surface area contributed by atoms with Crippen molar-refractivity contribution in [2.24, 2.45) is 11.8 Å². The average Bonchev–Trinajstić information content (AvgIpc) is 2.37. The van der Waals surface area contributed by atoms with Gasteiger partial charge in [-0.05, 0) is 25.2 Å². The molecule has 0 aromatic heterocycles. The van der Waals surface area contributed by atoms with E-state index in [9.17, 15) is 4.79 Å². The Hall–Kier alpha value is 0.150. The molecule has 1 nitrogen and oxygen atoms in total. The number of rotatable bonds is 0. The Morgan fingerprint density at radius 2 is 2.22 bits per heavy atom. The van der Waals surface area contributed by atoms with Crippen LogP contribution < -0.4 is 0 Å². The first-order valence-electron chi connectivity index (χ1n) is 3.47. The molecule has 0 aliphatic heterocycles. The van der Waals surface area contributed by atoms with Gasteiger partial charge in [0.1, 0.15) is 5.78 Å². The fourth-order valence-corrected chi connectivity index (χ4v) is 2.85. The maximum absolute atomic E-state index is 11.1. The van der Waals surface area contributed by atoms with E-state index >= 15 is 0 Å². The molecule has 2 saturated carbocycles. The van der Waals surface area contributed by atoms with Crippen molar-refractivity contribution in [3.05, 3.63) is 0 Å². The van der Waals surface area contributed by atoms with Crippen LogP contribution in [0, 0.1) is 11.8 Å². The first-order valence-corrected chi connectivity index (χ1v) is 4.38. The van der Waals surface area contributed by atoms with E-state index in [4.69, 9.17) is 0 Å². The number of carbonyl (C=O) groups is 1. The van der Waals surface area contributed by atoms with E-state index in [-0.39, 0.29) is 4.83 Å². The molecule has 2 aliphatic carbocycles. The smallest absolute Gasteiger partial charge is 0.149 e. The summed E-state index contributed by atoms with van der Waals surface area (Å²) in [5, 5.41) is 0. The summed E-state index contributed by atoms with van der Waals surface area (Å²) in [4.78, 5) is 11.3. The van der Waals surface area contributed by atoms with Crippen molar-refractivity contribution >= 4 is 21.7 Å². The predicted octanol–water partition coefficient (Wildman–Crippen LogP) is 1.75. The topological polar surface area (TPSA) is 17.1 Å². The van der Waals surface area contributed by atoms with Crippen LogP contribution in [0.15, 0.2) is 0 Å². The second-order valence-electron chi connectivity index (χ2n) is 3.07. The maximum atomic E-state index is 11.1. The van der Waals surface area contributed by atoms with Gasteiger partial charge in [0.15, 0.2) is 0 Å². The highest BCUT2D eigenvalue weighted by atomic mass is 79.9. The number of fused-ring (bicyclic) bond motifs is 2. The zero-order chi connectivity index (χ0) is 6.43. The number of hydrogen-bond donors (Lipinski definition) is 0. The van der Waals surface area contributed by atoms with Crippen molar-refractivity contribution in [2.45, 2.75) is 24.1 Å². The van der Waals surface area contributed by atoms with E-state index in [1.54, 1.807) is 0 Å². The van der Waals surface area contributed by atoms with Crippen LogP contribution in [0.5, 0.6) is 0 Å². The quantitative estimate of drug-likeness (QED) is 0.530. The number of Topliss-reactive ketones (excluding diaryl/α,β-unsaturated/α-hetero) is 1. The zero-order valence-corrected chi connectivity index (χ0v) is 6.73. The SMILES string of the molecule is O=C1C2CCC(C2)C1Br. The molecule has 0 amide bonds. The van der Waals surface area contributed by atoms with Gasteiger partial charge in [0, 0.05) is 5.92 Å². The van der Waals surface area contributed by atoms with Gasteiger partial charge in [-0.25, -0.2) is 0 Å². The van der Waals surface area contributed by atoms with Gasteiger partial charge < -0.3 is 0 Å². The van der Waals surface area contributed by atoms with Gasteiger partial charge in [0.25, 0.3) is 0 Å². The van der Waals surface area contributed by atoms with Crippen molar-refractivity contribution in [1.82, 2.24) is 0 Å². The third-order valence-corrected chi connectivity index (χ3v) is 3.76. The predicted molar refractivity (Wildman–Crippen MR) is 38.6 cm³/mol. The third kappa shape index (κ3) is 0.689. The van der Waals surface area contributed by atoms with Gasteiger partial charge >= 0.3 is 0 Å². The molecule has 3 atom stereocenters. The molecule has 0 spiro atoms. The normalized spacial score (nSPS) is 48.6. The van der Waals surface area contributed by atoms with Crippen LogP contribution in [0.4, 0.5) is 0 Å². The Bertz CT molecular complexity index is 151. The highest BCUT2D eigenvalue weighted by Gasteiger charge is 2.45. The molecule has 0 heterocycles. The van der Waals surface area contributed by atoms with Crippen LogP contribution in [0.25, 0.3) is 0 Å². The maximum Gasteiger partial charge on any atom is 0.149 e. The van der Waals surface area contributed by atoms with E-state index in [2.05, 4.69) is 15.9 Å². The molecule has 2 bridgehead atoms. The lowest BCUT2D eigenvalue weighted by atomic mass is 10.00. The molecular weight excluding hydrogens is 180 g/mol. The molecule has 0 aromatic rings. The van der Waals surface area contributed by atoms with Gasteiger partial charge in [-0.1, -0.05) is 15.9 Å². The summed E-state index contributed by atoms with van der Waals surface area (Å²) in [5.41, 5.74) is 0. The molecule has 2 fully saturated rings. The summed E-state index contributed by atoms with van der Waals surface area (Å²) >= 11 is 3.41. The Morgan fingerprint density at radius 3 is 2.56 bits per heavy atom.